The van der Waals surface area contributed by atoms with Crippen molar-refractivity contribution in [2.45, 2.75) is 25.4 Å². The first-order chi connectivity index (χ1) is 11.2. The van der Waals surface area contributed by atoms with Crippen molar-refractivity contribution in [1.82, 2.24) is 4.98 Å². The van der Waals surface area contributed by atoms with E-state index in [0.717, 1.165) is 29.8 Å². The maximum absolute atomic E-state index is 11.8. The zero-order valence-corrected chi connectivity index (χ0v) is 13.2. The number of benzene rings is 1. The fourth-order valence-corrected chi connectivity index (χ4v) is 2.29. The highest BCUT2D eigenvalue weighted by atomic mass is 16.5. The van der Waals surface area contributed by atoms with Crippen LogP contribution in [0.2, 0.25) is 0 Å². The van der Waals surface area contributed by atoms with Crippen molar-refractivity contribution in [3.8, 4) is 11.5 Å². The van der Waals surface area contributed by atoms with Crippen molar-refractivity contribution in [3.63, 3.8) is 0 Å². The first kappa shape index (κ1) is 15.3. The van der Waals surface area contributed by atoms with Gasteiger partial charge in [-0.25, -0.2) is 9.78 Å². The second kappa shape index (κ2) is 6.69. The van der Waals surface area contributed by atoms with Gasteiger partial charge in [0.1, 0.15) is 18.1 Å². The number of nitrogens with zero attached hydrogens (tertiary/aromatic N) is 1. The molecule has 5 heteroatoms. The largest absolute Gasteiger partial charge is 0.497 e. The van der Waals surface area contributed by atoms with Gasteiger partial charge in [0, 0.05) is 23.7 Å². The standard InChI is InChI=1S/C18H19NO4/c1-21-14-7-3-12(4-8-14)11-23-15-9-16(13-5-6-13)19-17(10-15)18(20)22-2/h3-4,7-10,13H,5-6,11H2,1-2H3. The number of hydrogen-bond acceptors (Lipinski definition) is 5. The second-order valence-corrected chi connectivity index (χ2v) is 5.52. The van der Waals surface area contributed by atoms with Crippen molar-refractivity contribution in [2.24, 2.45) is 0 Å². The molecule has 5 nitrogen and oxygen atoms in total. The molecule has 1 aliphatic carbocycles. The molecule has 1 aliphatic rings. The number of ether oxygens (including phenoxy) is 3. The SMILES string of the molecule is COC(=O)c1cc(OCc2ccc(OC)cc2)cc(C2CC2)n1. The van der Waals surface area contributed by atoms with Crippen molar-refractivity contribution < 1.29 is 19.0 Å². The molecule has 2 aromatic rings. The Morgan fingerprint density at radius 2 is 1.87 bits per heavy atom. The number of methoxy groups -OCH3 is 2. The molecule has 0 spiro atoms. The summed E-state index contributed by atoms with van der Waals surface area (Å²) in [6, 6.07) is 11.2. The molecule has 0 saturated heterocycles. The van der Waals surface area contributed by atoms with Gasteiger partial charge in [0.05, 0.1) is 14.2 Å². The maximum Gasteiger partial charge on any atom is 0.356 e. The highest BCUT2D eigenvalue weighted by Crippen LogP contribution is 2.40. The van der Waals surface area contributed by atoms with Gasteiger partial charge in [0.15, 0.2) is 5.69 Å². The summed E-state index contributed by atoms with van der Waals surface area (Å²) in [6.07, 6.45) is 2.21. The van der Waals surface area contributed by atoms with Crippen LogP contribution in [0.3, 0.4) is 0 Å². The highest BCUT2D eigenvalue weighted by molar-refractivity contribution is 5.87. The molecule has 1 aromatic carbocycles. The summed E-state index contributed by atoms with van der Waals surface area (Å²) in [7, 11) is 2.99. The Hall–Kier alpha value is -2.56. The van der Waals surface area contributed by atoms with Crippen molar-refractivity contribution >= 4 is 5.97 Å². The van der Waals surface area contributed by atoms with Crippen LogP contribution in [-0.2, 0) is 11.3 Å². The predicted octanol–water partition coefficient (Wildman–Crippen LogP) is 3.33. The van der Waals surface area contributed by atoms with E-state index in [1.165, 1.54) is 7.11 Å². The summed E-state index contributed by atoms with van der Waals surface area (Å²) in [4.78, 5) is 16.1. The molecule has 3 rings (SSSR count). The van der Waals surface area contributed by atoms with Crippen LogP contribution >= 0.6 is 0 Å². The van der Waals surface area contributed by atoms with E-state index in [0.29, 0.717) is 24.0 Å². The number of hydrogen-bond donors (Lipinski definition) is 0. The van der Waals surface area contributed by atoms with E-state index in [1.54, 1.807) is 13.2 Å². The molecule has 0 bridgehead atoms. The molecule has 0 aliphatic heterocycles. The van der Waals surface area contributed by atoms with Crippen LogP contribution in [0.5, 0.6) is 11.5 Å². The third-order valence-corrected chi connectivity index (χ3v) is 3.77. The molecular weight excluding hydrogens is 294 g/mol. The molecule has 1 aromatic heterocycles. The van der Waals surface area contributed by atoms with E-state index in [2.05, 4.69) is 4.98 Å². The van der Waals surface area contributed by atoms with Gasteiger partial charge in [-0.1, -0.05) is 12.1 Å². The Morgan fingerprint density at radius 1 is 1.13 bits per heavy atom. The first-order valence-corrected chi connectivity index (χ1v) is 7.55. The summed E-state index contributed by atoms with van der Waals surface area (Å²) >= 11 is 0. The van der Waals surface area contributed by atoms with Gasteiger partial charge in [-0.15, -0.1) is 0 Å². The Morgan fingerprint density at radius 3 is 2.48 bits per heavy atom. The van der Waals surface area contributed by atoms with E-state index in [1.807, 2.05) is 30.3 Å². The normalized spacial score (nSPS) is 13.5. The van der Waals surface area contributed by atoms with E-state index >= 15 is 0 Å². The number of rotatable bonds is 6. The van der Waals surface area contributed by atoms with E-state index in [-0.39, 0.29) is 0 Å². The number of esters is 1. The minimum atomic E-state index is -0.443. The summed E-state index contributed by atoms with van der Waals surface area (Å²) in [5.74, 6) is 1.43. The zero-order valence-electron chi connectivity index (χ0n) is 13.2. The third-order valence-electron chi connectivity index (χ3n) is 3.77. The average molecular weight is 313 g/mol. The monoisotopic (exact) mass is 313 g/mol. The van der Waals surface area contributed by atoms with Crippen LogP contribution in [0, 0.1) is 0 Å². The lowest BCUT2D eigenvalue weighted by atomic mass is 10.2. The van der Waals surface area contributed by atoms with Gasteiger partial charge in [0.2, 0.25) is 0 Å². The van der Waals surface area contributed by atoms with Crippen LogP contribution in [0.1, 0.15) is 40.5 Å². The predicted molar refractivity (Wildman–Crippen MR) is 84.9 cm³/mol. The van der Waals surface area contributed by atoms with Crippen LogP contribution in [0.4, 0.5) is 0 Å². The minimum absolute atomic E-state index is 0.293. The lowest BCUT2D eigenvalue weighted by Gasteiger charge is -2.10. The zero-order chi connectivity index (χ0) is 16.2. The minimum Gasteiger partial charge on any atom is -0.497 e. The van der Waals surface area contributed by atoms with Gasteiger partial charge in [-0.2, -0.15) is 0 Å². The summed E-state index contributed by atoms with van der Waals surface area (Å²) < 4.78 is 15.7. The Kier molecular flexibility index (Phi) is 4.46. The quantitative estimate of drug-likeness (QED) is 0.766. The molecule has 1 fully saturated rings. The molecule has 120 valence electrons. The van der Waals surface area contributed by atoms with Gasteiger partial charge in [-0.3, -0.25) is 0 Å². The summed E-state index contributed by atoms with van der Waals surface area (Å²) in [6.45, 7) is 0.415. The molecule has 0 radical (unpaired) electrons. The fourth-order valence-electron chi connectivity index (χ4n) is 2.29. The molecule has 0 N–H and O–H groups in total. The number of aromatic nitrogens is 1. The van der Waals surface area contributed by atoms with Crippen LogP contribution in [-0.4, -0.2) is 25.2 Å². The van der Waals surface area contributed by atoms with Gasteiger partial charge in [0.25, 0.3) is 0 Å². The molecule has 0 atom stereocenters. The number of carbonyl (C=O) groups is 1. The Labute approximate surface area is 135 Å². The van der Waals surface area contributed by atoms with E-state index < -0.39 is 5.97 Å². The van der Waals surface area contributed by atoms with Crippen LogP contribution < -0.4 is 9.47 Å². The average Bonchev–Trinajstić information content (AvgIpc) is 3.44. The molecule has 1 saturated carbocycles. The van der Waals surface area contributed by atoms with Crippen LogP contribution in [0.15, 0.2) is 36.4 Å². The first-order valence-electron chi connectivity index (χ1n) is 7.55. The number of pyridine rings is 1. The Balaban J connectivity index is 1.75. The summed E-state index contributed by atoms with van der Waals surface area (Å²) in [5, 5.41) is 0. The molecule has 23 heavy (non-hydrogen) atoms. The molecular formula is C18H19NO4. The Bertz CT molecular complexity index is 693. The lowest BCUT2D eigenvalue weighted by molar-refractivity contribution is 0.0593. The van der Waals surface area contributed by atoms with E-state index in [9.17, 15) is 4.79 Å². The topological polar surface area (TPSA) is 57.7 Å². The van der Waals surface area contributed by atoms with Crippen molar-refractivity contribution in [3.05, 3.63) is 53.3 Å². The second-order valence-electron chi connectivity index (χ2n) is 5.52. The van der Waals surface area contributed by atoms with Crippen LogP contribution in [0.25, 0.3) is 0 Å². The summed E-state index contributed by atoms with van der Waals surface area (Å²) in [5.41, 5.74) is 2.22. The third kappa shape index (κ3) is 3.80. The molecule has 0 unspecified atom stereocenters. The van der Waals surface area contributed by atoms with Crippen molar-refractivity contribution in [2.75, 3.05) is 14.2 Å². The smallest absolute Gasteiger partial charge is 0.356 e. The van der Waals surface area contributed by atoms with E-state index in [4.69, 9.17) is 14.2 Å². The van der Waals surface area contributed by atoms with Gasteiger partial charge >= 0.3 is 5.97 Å². The number of carbonyl (C=O) groups excluding carboxylic acids is 1. The molecule has 0 amide bonds. The maximum atomic E-state index is 11.8. The van der Waals surface area contributed by atoms with Gasteiger partial charge in [-0.05, 0) is 30.5 Å². The van der Waals surface area contributed by atoms with Gasteiger partial charge < -0.3 is 14.2 Å². The fraction of sp³-hybridized carbons (Fsp3) is 0.333. The highest BCUT2D eigenvalue weighted by Gasteiger charge is 2.27. The lowest BCUT2D eigenvalue weighted by Crippen LogP contribution is -2.07. The molecule has 1 heterocycles. The van der Waals surface area contributed by atoms with Crippen molar-refractivity contribution in [1.29, 1.82) is 0 Å².